The maximum absolute atomic E-state index is 3.30. The molecule has 6 heteroatoms. The summed E-state index contributed by atoms with van der Waals surface area (Å²) in [6, 6.07) is 0. The summed E-state index contributed by atoms with van der Waals surface area (Å²) in [6.45, 7) is 0. The molecule has 0 amide bonds. The van der Waals surface area contributed by atoms with Crippen LogP contribution >= 0.6 is 52.1 Å². The van der Waals surface area contributed by atoms with E-state index in [0.717, 1.165) is 0 Å². The molecule has 0 radical (unpaired) electrons. The second kappa shape index (κ2) is 4.49. The molecule has 1 nitrogen and oxygen atoms in total. The van der Waals surface area contributed by atoms with Crippen LogP contribution in [0.15, 0.2) is 0 Å². The smallest absolute Gasteiger partial charge is 1.00 e. The Kier molecular flexibility index (Phi) is 8.56. The molecular weight excluding hydrogens is 533 g/mol. The first-order chi connectivity index (χ1) is 2.00. The molecule has 0 aromatic rings. The SMILES string of the molecule is O.[Br][Au-]([Br])([Br])[Br].[H+]. The Hall–Kier alpha value is 2.62. The first-order valence-corrected chi connectivity index (χ1v) is 19.4. The van der Waals surface area contributed by atoms with Gasteiger partial charge in [-0.3, -0.25) is 0 Å². The molecule has 0 unspecified atom stereocenters. The van der Waals surface area contributed by atoms with E-state index in [-0.39, 0.29) is 6.90 Å². The monoisotopic (exact) mass is 532 g/mol. The second-order valence-electron chi connectivity index (χ2n) is 0.258. The van der Waals surface area contributed by atoms with Gasteiger partial charge >= 0.3 is 62.1 Å². The van der Waals surface area contributed by atoms with Crippen molar-refractivity contribution >= 4 is 52.1 Å². The fourth-order valence-electron chi connectivity index (χ4n) is 0. The molecule has 0 atom stereocenters. The largest absolute Gasteiger partial charge is 1.00 e. The van der Waals surface area contributed by atoms with Crippen molar-refractivity contribution in [2.45, 2.75) is 0 Å². The maximum atomic E-state index is 3.30. The summed E-state index contributed by atoms with van der Waals surface area (Å²) in [5, 5.41) is 0. The summed E-state index contributed by atoms with van der Waals surface area (Å²) in [6.07, 6.45) is 0. The van der Waals surface area contributed by atoms with Crippen molar-refractivity contribution in [1.29, 1.82) is 0 Å². The van der Waals surface area contributed by atoms with Gasteiger partial charge in [0.05, 0.1) is 0 Å². The van der Waals surface area contributed by atoms with Crippen LogP contribution in [0.1, 0.15) is 1.43 Å². The molecule has 0 saturated carbocycles. The summed E-state index contributed by atoms with van der Waals surface area (Å²) in [5.74, 6) is 0. The Morgan fingerprint density at radius 3 is 1.00 bits per heavy atom. The van der Waals surface area contributed by atoms with Gasteiger partial charge in [0, 0.05) is 0 Å². The fourth-order valence-corrected chi connectivity index (χ4v) is 0. The predicted molar refractivity (Wildman–Crippen MR) is 40.4 cm³/mol. The number of rotatable bonds is 0. The third kappa shape index (κ3) is 30.5. The van der Waals surface area contributed by atoms with Crippen molar-refractivity contribution in [1.82, 2.24) is 0 Å². The molecule has 0 aromatic carbocycles. The third-order valence-corrected chi connectivity index (χ3v) is 0. The summed E-state index contributed by atoms with van der Waals surface area (Å²) in [4.78, 5) is 0. The zero-order chi connectivity index (χ0) is 4.50. The summed E-state index contributed by atoms with van der Waals surface area (Å²) in [5.41, 5.74) is 0. The van der Waals surface area contributed by atoms with Crippen LogP contribution in [0.3, 0.4) is 0 Å². The molecule has 6 heavy (non-hydrogen) atoms. The molecule has 0 spiro atoms. The molecule has 0 aliphatic rings. The normalized spacial score (nSPS) is 12.7. The predicted octanol–water partition coefficient (Wildman–Crippen LogP) is 2.67. The van der Waals surface area contributed by atoms with Crippen LogP contribution in [-0.2, 0) is 8.59 Å². The van der Waals surface area contributed by atoms with Crippen LogP contribution in [0.4, 0.5) is 0 Å². The summed E-state index contributed by atoms with van der Waals surface area (Å²) in [7, 11) is -1.64. The fraction of sp³-hybridized carbons (Fsp3) is 0. The zero-order valence-electron chi connectivity index (χ0n) is 3.31. The van der Waals surface area contributed by atoms with E-state index in [1.807, 2.05) is 0 Å². The van der Waals surface area contributed by atoms with Gasteiger partial charge < -0.3 is 5.48 Å². The minimum absolute atomic E-state index is 0. The molecule has 0 fully saturated rings. The van der Waals surface area contributed by atoms with E-state index in [9.17, 15) is 0 Å². The second-order valence-corrected chi connectivity index (χ2v) is 57.1. The van der Waals surface area contributed by atoms with Gasteiger partial charge in [0.2, 0.25) is 0 Å². The van der Waals surface area contributed by atoms with Crippen molar-refractivity contribution in [3.05, 3.63) is 0 Å². The van der Waals surface area contributed by atoms with E-state index < -0.39 is 8.59 Å². The summed E-state index contributed by atoms with van der Waals surface area (Å²) < 4.78 is 0. The van der Waals surface area contributed by atoms with E-state index in [2.05, 4.69) is 52.1 Å². The van der Waals surface area contributed by atoms with Crippen LogP contribution < -0.4 is 0 Å². The van der Waals surface area contributed by atoms with Crippen LogP contribution in [-0.4, -0.2) is 5.48 Å². The third-order valence-electron chi connectivity index (χ3n) is 0. The minimum Gasteiger partial charge on any atom is 1.00 e. The zero-order valence-corrected chi connectivity index (χ0v) is 10.8. The van der Waals surface area contributed by atoms with E-state index >= 15 is 0 Å². The van der Waals surface area contributed by atoms with E-state index in [0.29, 0.717) is 0 Å². The first-order valence-electron chi connectivity index (χ1n) is 0.456. The number of hydrogen-bond donors (Lipinski definition) is 0. The van der Waals surface area contributed by atoms with Crippen molar-refractivity contribution in [3.63, 3.8) is 0 Å². The van der Waals surface area contributed by atoms with Gasteiger partial charge in [-0.05, 0) is 0 Å². The Labute approximate surface area is 66.4 Å². The Morgan fingerprint density at radius 1 is 1.00 bits per heavy atom. The molecule has 0 aliphatic heterocycles. The molecule has 2 N–H and O–H groups in total. The maximum Gasteiger partial charge on any atom is 1.00 e. The van der Waals surface area contributed by atoms with Crippen LogP contribution in [0, 0.1) is 0 Å². The Morgan fingerprint density at radius 2 is 1.00 bits per heavy atom. The van der Waals surface area contributed by atoms with E-state index in [4.69, 9.17) is 0 Å². The quantitative estimate of drug-likeness (QED) is 0.428. The molecule has 48 valence electrons. The molecule has 0 aliphatic carbocycles. The van der Waals surface area contributed by atoms with Crippen molar-refractivity contribution in [2.75, 3.05) is 0 Å². The average Bonchev–Trinajstić information content (AvgIpc) is 0.722. The van der Waals surface area contributed by atoms with Crippen LogP contribution in [0.5, 0.6) is 0 Å². The Bertz CT molecular complexity index is 27.2. The van der Waals surface area contributed by atoms with E-state index in [1.54, 1.807) is 0 Å². The number of halogens is 4. The van der Waals surface area contributed by atoms with Gasteiger partial charge in [-0.2, -0.15) is 0 Å². The van der Waals surface area contributed by atoms with Gasteiger partial charge in [0.25, 0.3) is 0 Å². The standard InChI is InChI=1S/Au.4BrH.H2O/h;4*1H;1H2/q+3;;;;;/p-3. The van der Waals surface area contributed by atoms with Crippen molar-refractivity contribution in [2.24, 2.45) is 0 Å². The van der Waals surface area contributed by atoms with Crippen molar-refractivity contribution in [3.8, 4) is 0 Å². The first kappa shape index (κ1) is 11.4. The molecule has 0 heterocycles. The Balaban J connectivity index is -0.0000000800. The summed E-state index contributed by atoms with van der Waals surface area (Å²) >= 11 is 13.2. The van der Waals surface area contributed by atoms with E-state index in [1.165, 1.54) is 0 Å². The average molecular weight is 536 g/mol. The molecule has 0 rings (SSSR count). The van der Waals surface area contributed by atoms with Crippen LogP contribution in [0.25, 0.3) is 0 Å². The van der Waals surface area contributed by atoms with Gasteiger partial charge in [-0.15, -0.1) is 0 Å². The molecule has 0 saturated heterocycles. The van der Waals surface area contributed by atoms with Crippen LogP contribution in [0.2, 0.25) is 0 Å². The molecule has 0 aromatic heterocycles. The minimum atomic E-state index is -1.64. The molecule has 0 bridgehead atoms. The van der Waals surface area contributed by atoms with Gasteiger partial charge in [0.15, 0.2) is 0 Å². The van der Waals surface area contributed by atoms with Gasteiger partial charge in [-0.25, -0.2) is 0 Å². The van der Waals surface area contributed by atoms with Gasteiger partial charge in [-0.1, -0.05) is 0 Å². The van der Waals surface area contributed by atoms with Gasteiger partial charge in [0.1, 0.15) is 0 Å². The van der Waals surface area contributed by atoms with Crippen molar-refractivity contribution < 1.29 is 15.5 Å². The molecular formula is H3AuBr4O. The topological polar surface area (TPSA) is 31.5 Å². The number of hydrogen-bond acceptors (Lipinski definition) is 0.